The molecule has 7 heteroatoms. The highest BCUT2D eigenvalue weighted by molar-refractivity contribution is 7.99. The van der Waals surface area contributed by atoms with Gasteiger partial charge in [-0.3, -0.25) is 10.1 Å². The van der Waals surface area contributed by atoms with Gasteiger partial charge in [0.15, 0.2) is 0 Å². The first kappa shape index (κ1) is 17.6. The zero-order chi connectivity index (χ0) is 16.8. The molecule has 1 aliphatic rings. The first-order valence-electron chi connectivity index (χ1n) is 7.78. The van der Waals surface area contributed by atoms with Crippen molar-refractivity contribution >= 4 is 23.5 Å². The number of benzene rings is 1. The zero-order valence-electron chi connectivity index (χ0n) is 13.5. The van der Waals surface area contributed by atoms with Gasteiger partial charge < -0.3 is 10.2 Å². The number of hydrogen-bond donors (Lipinski definition) is 1. The Bertz CT molecular complexity index is 567. The molecule has 1 aromatic carbocycles. The van der Waals surface area contributed by atoms with Crippen LogP contribution in [0.5, 0.6) is 0 Å². The van der Waals surface area contributed by atoms with Gasteiger partial charge in [0.25, 0.3) is 5.69 Å². The van der Waals surface area contributed by atoms with Crippen molar-refractivity contribution < 1.29 is 9.72 Å². The van der Waals surface area contributed by atoms with Crippen LogP contribution in [0.25, 0.3) is 0 Å². The van der Waals surface area contributed by atoms with Crippen LogP contribution in [0.15, 0.2) is 24.3 Å². The molecule has 23 heavy (non-hydrogen) atoms. The summed E-state index contributed by atoms with van der Waals surface area (Å²) >= 11 is 1.86. The number of thioether (sulfide) groups is 1. The summed E-state index contributed by atoms with van der Waals surface area (Å²) in [6.07, 6.45) is 5.79. The van der Waals surface area contributed by atoms with Gasteiger partial charge in [0.1, 0.15) is 0 Å². The summed E-state index contributed by atoms with van der Waals surface area (Å²) in [6, 6.07) is 6.83. The molecule has 1 aromatic rings. The number of carbonyl (C=O) groups excluding carboxylic acids is 1. The highest BCUT2D eigenvalue weighted by Crippen LogP contribution is 2.30. The van der Waals surface area contributed by atoms with Crippen molar-refractivity contribution in [2.45, 2.75) is 37.0 Å². The van der Waals surface area contributed by atoms with Crippen LogP contribution in [0, 0.1) is 10.1 Å². The molecule has 0 unspecified atom stereocenters. The van der Waals surface area contributed by atoms with Gasteiger partial charge in [0.2, 0.25) is 0 Å². The van der Waals surface area contributed by atoms with E-state index in [4.69, 9.17) is 0 Å². The van der Waals surface area contributed by atoms with E-state index in [1.165, 1.54) is 6.07 Å². The molecule has 0 spiro atoms. The molecule has 1 fully saturated rings. The summed E-state index contributed by atoms with van der Waals surface area (Å²) < 4.78 is 0. The molecule has 6 nitrogen and oxygen atoms in total. The fourth-order valence-corrected chi connectivity index (χ4v) is 3.76. The van der Waals surface area contributed by atoms with Crippen LogP contribution in [0.4, 0.5) is 10.5 Å². The monoisotopic (exact) mass is 337 g/mol. The van der Waals surface area contributed by atoms with Gasteiger partial charge in [-0.25, -0.2) is 4.79 Å². The first-order valence-corrected chi connectivity index (χ1v) is 9.07. The standard InChI is InChI=1S/C16H23N3O3S/c1-18(13-7-8-14(11-13)23-2)16(20)17-10-9-12-5-3-4-6-15(12)19(21)22/h3-6,13-14H,7-11H2,1-2H3,(H,17,20)/t13-,14+/m1/s1. The molecule has 0 bridgehead atoms. The number of rotatable bonds is 6. The molecule has 1 saturated carbocycles. The molecule has 0 aromatic heterocycles. The van der Waals surface area contributed by atoms with Crippen molar-refractivity contribution in [3.05, 3.63) is 39.9 Å². The number of hydrogen-bond acceptors (Lipinski definition) is 4. The van der Waals surface area contributed by atoms with E-state index in [9.17, 15) is 14.9 Å². The predicted octanol–water partition coefficient (Wildman–Crippen LogP) is 3.06. The molecule has 2 rings (SSSR count). The van der Waals surface area contributed by atoms with Crippen LogP contribution < -0.4 is 5.32 Å². The van der Waals surface area contributed by atoms with Crippen molar-refractivity contribution in [1.82, 2.24) is 10.2 Å². The van der Waals surface area contributed by atoms with Gasteiger partial charge in [-0.05, 0) is 31.9 Å². The molecule has 1 aliphatic carbocycles. The Balaban J connectivity index is 1.82. The van der Waals surface area contributed by atoms with Gasteiger partial charge in [0.05, 0.1) is 4.92 Å². The number of nitrogens with zero attached hydrogens (tertiary/aromatic N) is 2. The zero-order valence-corrected chi connectivity index (χ0v) is 14.3. The van der Waals surface area contributed by atoms with E-state index in [0.29, 0.717) is 29.8 Å². The summed E-state index contributed by atoms with van der Waals surface area (Å²) in [5.41, 5.74) is 0.748. The van der Waals surface area contributed by atoms with E-state index in [-0.39, 0.29) is 16.6 Å². The molecule has 0 radical (unpaired) electrons. The van der Waals surface area contributed by atoms with Crippen LogP contribution >= 0.6 is 11.8 Å². The average molecular weight is 337 g/mol. The number of nitro groups is 1. The van der Waals surface area contributed by atoms with Gasteiger partial charge in [0, 0.05) is 36.5 Å². The number of carbonyl (C=O) groups is 1. The van der Waals surface area contributed by atoms with Crippen LogP contribution in [0.2, 0.25) is 0 Å². The van der Waals surface area contributed by atoms with E-state index >= 15 is 0 Å². The molecular formula is C16H23N3O3S. The number of nitro benzene ring substituents is 1. The molecule has 1 N–H and O–H groups in total. The second-order valence-corrected chi connectivity index (χ2v) is 6.94. The number of nitrogens with one attached hydrogen (secondary N) is 1. The van der Waals surface area contributed by atoms with Gasteiger partial charge >= 0.3 is 6.03 Å². The molecule has 0 saturated heterocycles. The van der Waals surface area contributed by atoms with Gasteiger partial charge in [-0.15, -0.1) is 0 Å². The maximum atomic E-state index is 12.2. The predicted molar refractivity (Wildman–Crippen MR) is 92.9 cm³/mol. The summed E-state index contributed by atoms with van der Waals surface area (Å²) in [5, 5.41) is 14.5. The summed E-state index contributed by atoms with van der Waals surface area (Å²) in [5.74, 6) is 0. The van der Waals surface area contributed by atoms with Crippen LogP contribution in [-0.2, 0) is 6.42 Å². The number of urea groups is 1. The minimum atomic E-state index is -0.385. The van der Waals surface area contributed by atoms with Crippen LogP contribution in [0.1, 0.15) is 24.8 Å². The Labute approximate surface area is 140 Å². The molecule has 2 amide bonds. The van der Waals surface area contributed by atoms with Crippen LogP contribution in [0.3, 0.4) is 0 Å². The maximum Gasteiger partial charge on any atom is 0.317 e. The average Bonchev–Trinajstić information content (AvgIpc) is 3.03. The van der Waals surface area contributed by atoms with Crippen molar-refractivity contribution in [3.63, 3.8) is 0 Å². The Morgan fingerprint density at radius 3 is 2.83 bits per heavy atom. The Hall–Kier alpha value is -1.76. The molecule has 2 atom stereocenters. The second kappa shape index (κ2) is 8.19. The third-order valence-corrected chi connectivity index (χ3v) is 5.51. The summed E-state index contributed by atoms with van der Waals surface area (Å²) in [6.45, 7) is 0.396. The number of amides is 2. The smallest absolute Gasteiger partial charge is 0.317 e. The van der Waals surface area contributed by atoms with E-state index in [1.807, 2.05) is 18.8 Å². The van der Waals surface area contributed by atoms with Gasteiger partial charge in [-0.2, -0.15) is 11.8 Å². The third-order valence-electron chi connectivity index (χ3n) is 4.42. The SMILES string of the molecule is CS[C@H]1CC[C@@H](N(C)C(=O)NCCc2ccccc2[N+](=O)[O-])C1. The minimum absolute atomic E-state index is 0.102. The van der Waals surface area contributed by atoms with Crippen molar-refractivity contribution in [3.8, 4) is 0 Å². The van der Waals surface area contributed by atoms with E-state index < -0.39 is 0 Å². The van der Waals surface area contributed by atoms with Crippen molar-refractivity contribution in [2.24, 2.45) is 0 Å². The maximum absolute atomic E-state index is 12.2. The fourth-order valence-electron chi connectivity index (χ4n) is 2.98. The second-order valence-electron chi connectivity index (χ2n) is 5.80. The van der Waals surface area contributed by atoms with E-state index in [2.05, 4.69) is 11.6 Å². The highest BCUT2D eigenvalue weighted by Gasteiger charge is 2.29. The highest BCUT2D eigenvalue weighted by atomic mass is 32.2. The Kier molecular flexibility index (Phi) is 6.27. The number of para-hydroxylation sites is 1. The molecule has 0 heterocycles. The van der Waals surface area contributed by atoms with Crippen LogP contribution in [-0.4, -0.2) is 47.0 Å². The summed E-state index contributed by atoms with van der Waals surface area (Å²) in [4.78, 5) is 24.6. The lowest BCUT2D eigenvalue weighted by molar-refractivity contribution is -0.385. The largest absolute Gasteiger partial charge is 0.338 e. The topological polar surface area (TPSA) is 75.5 Å². The summed E-state index contributed by atoms with van der Waals surface area (Å²) in [7, 11) is 1.83. The Morgan fingerprint density at radius 1 is 1.43 bits per heavy atom. The van der Waals surface area contributed by atoms with E-state index in [1.54, 1.807) is 23.1 Å². The molecular weight excluding hydrogens is 314 g/mol. The normalized spacial score (nSPS) is 20.3. The Morgan fingerprint density at radius 2 is 2.17 bits per heavy atom. The minimum Gasteiger partial charge on any atom is -0.338 e. The van der Waals surface area contributed by atoms with Crippen molar-refractivity contribution in [1.29, 1.82) is 0 Å². The van der Waals surface area contributed by atoms with E-state index in [0.717, 1.165) is 19.3 Å². The lowest BCUT2D eigenvalue weighted by atomic mass is 10.1. The third kappa shape index (κ3) is 4.60. The lowest BCUT2D eigenvalue weighted by Gasteiger charge is -2.25. The molecule has 0 aliphatic heterocycles. The fraction of sp³-hybridized carbons (Fsp3) is 0.562. The van der Waals surface area contributed by atoms with Gasteiger partial charge in [-0.1, -0.05) is 18.2 Å². The first-order chi connectivity index (χ1) is 11.0. The van der Waals surface area contributed by atoms with Crippen molar-refractivity contribution in [2.75, 3.05) is 19.8 Å². The lowest BCUT2D eigenvalue weighted by Crippen LogP contribution is -2.43. The molecule has 126 valence electrons. The quantitative estimate of drug-likeness (QED) is 0.639.